The lowest BCUT2D eigenvalue weighted by Crippen LogP contribution is -2.09. The van der Waals surface area contributed by atoms with Crippen molar-refractivity contribution in [3.8, 4) is 0 Å². The highest BCUT2D eigenvalue weighted by molar-refractivity contribution is 5.67. The number of carboxylic acid groups (broad SMARTS) is 1. The van der Waals surface area contributed by atoms with Gasteiger partial charge in [0.2, 0.25) is 0 Å². The van der Waals surface area contributed by atoms with Crippen molar-refractivity contribution >= 4 is 5.97 Å². The second-order valence-electron chi connectivity index (χ2n) is 4.53. The van der Waals surface area contributed by atoms with Crippen LogP contribution in [0.3, 0.4) is 0 Å². The number of carboxylic acids is 1. The molecule has 96 valence electrons. The van der Waals surface area contributed by atoms with E-state index in [2.05, 4.69) is 6.92 Å². The molecule has 16 heavy (non-hydrogen) atoms. The van der Waals surface area contributed by atoms with E-state index >= 15 is 0 Å². The zero-order valence-corrected chi connectivity index (χ0v) is 10.4. The zero-order chi connectivity index (χ0) is 12.2. The smallest absolute Gasteiger partial charge is 0.303 e. The van der Waals surface area contributed by atoms with Gasteiger partial charge in [0.15, 0.2) is 0 Å². The summed E-state index contributed by atoms with van der Waals surface area (Å²) in [6, 6.07) is 0. The van der Waals surface area contributed by atoms with Crippen molar-refractivity contribution in [3.63, 3.8) is 0 Å². The lowest BCUT2D eigenvalue weighted by molar-refractivity contribution is -0.138. The summed E-state index contributed by atoms with van der Waals surface area (Å²) in [5.41, 5.74) is 0. The minimum atomic E-state index is -0.884. The van der Waals surface area contributed by atoms with Crippen molar-refractivity contribution in [2.24, 2.45) is 5.92 Å². The fourth-order valence-corrected chi connectivity index (χ4v) is 1.87. The van der Waals surface area contributed by atoms with Crippen molar-refractivity contribution < 1.29 is 14.3 Å². The Kier molecular flexibility index (Phi) is 10.5. The summed E-state index contributed by atoms with van der Waals surface area (Å²) >= 11 is 0. The third-order valence-electron chi connectivity index (χ3n) is 2.90. The number of aliphatic carboxylic acids is 1. The highest BCUT2D eigenvalue weighted by Crippen LogP contribution is 2.16. The first-order valence-corrected chi connectivity index (χ1v) is 6.48. The van der Waals surface area contributed by atoms with Crippen LogP contribution < -0.4 is 0 Å². The highest BCUT2D eigenvalue weighted by Gasteiger charge is 2.12. The SMILES string of the molecule is CCCCCCCCCC(CF)CC(=O)O. The van der Waals surface area contributed by atoms with Gasteiger partial charge in [-0.3, -0.25) is 9.18 Å². The molecule has 0 spiro atoms. The number of hydrogen-bond acceptors (Lipinski definition) is 1. The lowest BCUT2D eigenvalue weighted by Gasteiger charge is -2.09. The minimum absolute atomic E-state index is 0.0215. The monoisotopic (exact) mass is 232 g/mol. The summed E-state index contributed by atoms with van der Waals surface area (Å²) in [6.45, 7) is 1.69. The summed E-state index contributed by atoms with van der Waals surface area (Å²) in [7, 11) is 0. The van der Waals surface area contributed by atoms with Gasteiger partial charge < -0.3 is 5.11 Å². The molecular formula is C13H25FO2. The van der Waals surface area contributed by atoms with E-state index in [1.807, 2.05) is 0 Å². The molecule has 0 aromatic rings. The maximum Gasteiger partial charge on any atom is 0.303 e. The van der Waals surface area contributed by atoms with Gasteiger partial charge >= 0.3 is 5.97 Å². The topological polar surface area (TPSA) is 37.3 Å². The molecule has 2 nitrogen and oxygen atoms in total. The average Bonchev–Trinajstić information content (AvgIpc) is 2.25. The molecule has 1 unspecified atom stereocenters. The van der Waals surface area contributed by atoms with Crippen LogP contribution in [0.4, 0.5) is 4.39 Å². The Morgan fingerprint density at radius 3 is 2.19 bits per heavy atom. The van der Waals surface area contributed by atoms with Crippen LogP contribution in [0.2, 0.25) is 0 Å². The van der Waals surface area contributed by atoms with Crippen molar-refractivity contribution in [1.29, 1.82) is 0 Å². The molecule has 0 saturated heterocycles. The van der Waals surface area contributed by atoms with E-state index in [1.165, 1.54) is 32.1 Å². The highest BCUT2D eigenvalue weighted by atomic mass is 19.1. The summed E-state index contributed by atoms with van der Waals surface area (Å²) in [5.74, 6) is -1.15. The first-order valence-electron chi connectivity index (χ1n) is 6.48. The Morgan fingerprint density at radius 1 is 1.12 bits per heavy atom. The molecule has 0 fully saturated rings. The molecule has 0 aliphatic rings. The predicted molar refractivity (Wildman–Crippen MR) is 64.3 cm³/mol. The molecule has 0 heterocycles. The largest absolute Gasteiger partial charge is 0.481 e. The summed E-state index contributed by atoms with van der Waals surface area (Å²) in [6.07, 6.45) is 9.07. The predicted octanol–water partition coefficient (Wildman–Crippen LogP) is 4.19. The quantitative estimate of drug-likeness (QED) is 0.542. The first-order chi connectivity index (χ1) is 7.70. The van der Waals surface area contributed by atoms with Gasteiger partial charge in [-0.2, -0.15) is 0 Å². The van der Waals surface area contributed by atoms with E-state index < -0.39 is 12.6 Å². The van der Waals surface area contributed by atoms with Crippen LogP contribution in [-0.4, -0.2) is 17.8 Å². The van der Waals surface area contributed by atoms with Gasteiger partial charge in [0.05, 0.1) is 13.1 Å². The molecule has 0 aliphatic heterocycles. The van der Waals surface area contributed by atoms with Crippen LogP contribution in [0.1, 0.15) is 64.7 Å². The maximum absolute atomic E-state index is 12.4. The number of alkyl halides is 1. The summed E-state index contributed by atoms with van der Waals surface area (Å²) in [5, 5.41) is 8.55. The molecule has 0 radical (unpaired) electrons. The standard InChI is InChI=1S/C13H25FO2/c1-2-3-4-5-6-7-8-9-12(11-14)10-13(15)16/h12H,2-11H2,1H3,(H,15,16). The van der Waals surface area contributed by atoms with Crippen molar-refractivity contribution in [1.82, 2.24) is 0 Å². The Balaban J connectivity index is 3.31. The van der Waals surface area contributed by atoms with Gasteiger partial charge in [-0.15, -0.1) is 0 Å². The third kappa shape index (κ3) is 9.94. The van der Waals surface area contributed by atoms with E-state index in [-0.39, 0.29) is 12.3 Å². The summed E-state index contributed by atoms with van der Waals surface area (Å²) < 4.78 is 12.4. The van der Waals surface area contributed by atoms with E-state index in [4.69, 9.17) is 5.11 Å². The Hall–Kier alpha value is -0.600. The van der Waals surface area contributed by atoms with Crippen LogP contribution in [0.15, 0.2) is 0 Å². The molecule has 0 aromatic carbocycles. The van der Waals surface area contributed by atoms with Crippen molar-refractivity contribution in [2.75, 3.05) is 6.67 Å². The van der Waals surface area contributed by atoms with Crippen molar-refractivity contribution in [3.05, 3.63) is 0 Å². The lowest BCUT2D eigenvalue weighted by atomic mass is 9.98. The van der Waals surface area contributed by atoms with Gasteiger partial charge in [-0.05, 0) is 12.3 Å². The van der Waals surface area contributed by atoms with E-state index in [1.54, 1.807) is 0 Å². The molecule has 0 saturated carbocycles. The molecule has 1 N–H and O–H groups in total. The number of rotatable bonds is 11. The normalized spacial score (nSPS) is 12.6. The van der Waals surface area contributed by atoms with Crippen LogP contribution in [0.25, 0.3) is 0 Å². The van der Waals surface area contributed by atoms with E-state index in [0.29, 0.717) is 0 Å². The number of carbonyl (C=O) groups is 1. The van der Waals surface area contributed by atoms with Gasteiger partial charge in [-0.25, -0.2) is 0 Å². The van der Waals surface area contributed by atoms with Gasteiger partial charge in [0, 0.05) is 0 Å². The zero-order valence-electron chi connectivity index (χ0n) is 10.4. The molecule has 0 bridgehead atoms. The minimum Gasteiger partial charge on any atom is -0.481 e. The molecule has 3 heteroatoms. The van der Waals surface area contributed by atoms with Crippen LogP contribution in [0, 0.1) is 5.92 Å². The molecule has 0 aromatic heterocycles. The Morgan fingerprint density at radius 2 is 1.69 bits per heavy atom. The fraction of sp³-hybridized carbons (Fsp3) is 0.923. The molecule has 1 atom stereocenters. The second kappa shape index (κ2) is 10.9. The van der Waals surface area contributed by atoms with Gasteiger partial charge in [0.25, 0.3) is 0 Å². The van der Waals surface area contributed by atoms with Gasteiger partial charge in [0.1, 0.15) is 0 Å². The average molecular weight is 232 g/mol. The number of halogens is 1. The Labute approximate surface area is 98.2 Å². The molecule has 0 aliphatic carbocycles. The van der Waals surface area contributed by atoms with Crippen LogP contribution >= 0.6 is 0 Å². The van der Waals surface area contributed by atoms with E-state index in [0.717, 1.165) is 19.3 Å². The number of hydrogen-bond donors (Lipinski definition) is 1. The molecule has 0 rings (SSSR count). The number of unbranched alkanes of at least 4 members (excludes halogenated alkanes) is 6. The van der Waals surface area contributed by atoms with Crippen LogP contribution in [-0.2, 0) is 4.79 Å². The molecule has 0 amide bonds. The fourth-order valence-electron chi connectivity index (χ4n) is 1.87. The summed E-state index contributed by atoms with van der Waals surface area (Å²) in [4.78, 5) is 10.4. The van der Waals surface area contributed by atoms with Gasteiger partial charge in [-0.1, -0.05) is 51.9 Å². The third-order valence-corrected chi connectivity index (χ3v) is 2.90. The first kappa shape index (κ1) is 15.4. The van der Waals surface area contributed by atoms with Crippen LogP contribution in [0.5, 0.6) is 0 Å². The van der Waals surface area contributed by atoms with Crippen molar-refractivity contribution in [2.45, 2.75) is 64.7 Å². The second-order valence-corrected chi connectivity index (χ2v) is 4.53. The maximum atomic E-state index is 12.4. The Bertz CT molecular complexity index is 171. The van der Waals surface area contributed by atoms with E-state index in [9.17, 15) is 9.18 Å². The molecular weight excluding hydrogens is 207 g/mol.